The summed E-state index contributed by atoms with van der Waals surface area (Å²) in [6, 6.07) is 36.1. The minimum absolute atomic E-state index is 0. The van der Waals surface area contributed by atoms with Gasteiger partial charge in [-0.3, -0.25) is 0 Å². The first-order valence-corrected chi connectivity index (χ1v) is 17.4. The Morgan fingerprint density at radius 3 is 1.32 bits per heavy atom. The van der Waals surface area contributed by atoms with E-state index in [-0.39, 0.29) is 24.8 Å². The molecule has 38 heavy (non-hydrogen) atoms. The molecule has 0 amide bonds. The topological polar surface area (TPSA) is 0 Å². The molecule has 2 atom stereocenters. The van der Waals surface area contributed by atoms with E-state index in [1.54, 1.807) is 22.3 Å². The third-order valence-corrected chi connectivity index (χ3v) is 19.2. The molecule has 1 saturated heterocycles. The minimum Gasteiger partial charge on any atom is -1.00 e. The smallest absolute Gasteiger partial charge is 1.00 e. The maximum absolute atomic E-state index is 2.54. The van der Waals surface area contributed by atoms with Crippen LogP contribution < -0.4 is 24.8 Å². The molecule has 2 aliphatic carbocycles. The maximum atomic E-state index is 2.54. The van der Waals surface area contributed by atoms with Gasteiger partial charge in [0.05, 0.1) is 0 Å². The number of benzene rings is 4. The van der Waals surface area contributed by atoms with Crippen LogP contribution in [0.25, 0.3) is 34.4 Å². The number of rotatable bonds is 4. The Morgan fingerprint density at radius 1 is 0.526 bits per heavy atom. The second-order valence-corrected chi connectivity index (χ2v) is 18.3. The van der Waals surface area contributed by atoms with Crippen LogP contribution in [0.3, 0.4) is 0 Å². The van der Waals surface area contributed by atoms with Gasteiger partial charge < -0.3 is 24.8 Å². The molecule has 0 aromatic heterocycles. The van der Waals surface area contributed by atoms with E-state index in [4.69, 9.17) is 0 Å². The SMILES string of the molecule is CC1=Cc2c(-c3ccccc3)cccc2[CH]1[Ti+2]1([CH]2C(C)=Cc3c(-c4ccccc4)cccc32)[CH2]C[CH2]1.[Cl-].[Cl-]. The van der Waals surface area contributed by atoms with Gasteiger partial charge in [-0.1, -0.05) is 0 Å². The Bertz CT molecular complexity index is 1420. The second kappa shape index (κ2) is 10.7. The van der Waals surface area contributed by atoms with Crippen molar-refractivity contribution in [2.24, 2.45) is 0 Å². The predicted octanol–water partition coefficient (Wildman–Crippen LogP) is 4.04. The first-order valence-electron chi connectivity index (χ1n) is 13.4. The van der Waals surface area contributed by atoms with Crippen molar-refractivity contribution in [3.63, 3.8) is 0 Å². The van der Waals surface area contributed by atoms with Crippen LogP contribution in [-0.2, 0) is 16.6 Å². The van der Waals surface area contributed by atoms with Gasteiger partial charge in [-0.25, -0.2) is 0 Å². The molecule has 0 spiro atoms. The van der Waals surface area contributed by atoms with Gasteiger partial charge in [0, 0.05) is 0 Å². The molecule has 0 N–H and O–H groups in total. The minimum atomic E-state index is -2.37. The van der Waals surface area contributed by atoms with E-state index in [1.165, 1.54) is 49.3 Å². The van der Waals surface area contributed by atoms with Crippen molar-refractivity contribution in [2.45, 2.75) is 38.2 Å². The van der Waals surface area contributed by atoms with Gasteiger partial charge in [-0.2, -0.15) is 0 Å². The van der Waals surface area contributed by atoms with Crippen LogP contribution >= 0.6 is 0 Å². The molecule has 7 rings (SSSR count). The van der Waals surface area contributed by atoms with Crippen molar-refractivity contribution in [2.75, 3.05) is 0 Å². The summed E-state index contributed by atoms with van der Waals surface area (Å²) in [6.07, 6.45) is 6.50. The molecule has 4 aromatic carbocycles. The van der Waals surface area contributed by atoms with Crippen LogP contribution in [0.15, 0.2) is 108 Å². The fourth-order valence-electron chi connectivity index (χ4n) is 7.70. The summed E-state index contributed by atoms with van der Waals surface area (Å²) in [4.78, 5) is 0. The first-order chi connectivity index (χ1) is 17.7. The van der Waals surface area contributed by atoms with E-state index in [9.17, 15) is 0 Å². The molecule has 0 saturated carbocycles. The van der Waals surface area contributed by atoms with Crippen LogP contribution in [0.1, 0.15) is 51.0 Å². The standard InChI is InChI=1S/2C16H13.C3H6.2ClH.Ti/c2*1-12-10-14-8-5-9-15(16(14)11-12)13-6-3-2-4-7-13;1-3-2;;;/h2*2-11H,1H3;1-3H2;2*1H;/q;;;;;+2/p-2. The number of hydrogen-bond donors (Lipinski definition) is 0. The fourth-order valence-corrected chi connectivity index (χ4v) is 17.7. The average molecular weight is 571 g/mol. The third-order valence-electron chi connectivity index (χ3n) is 9.16. The van der Waals surface area contributed by atoms with Gasteiger partial charge in [-0.05, 0) is 0 Å². The van der Waals surface area contributed by atoms with E-state index < -0.39 is 16.6 Å². The Labute approximate surface area is 243 Å². The Hall–Kier alpha value is -2.35. The van der Waals surface area contributed by atoms with Gasteiger partial charge in [0.15, 0.2) is 0 Å². The van der Waals surface area contributed by atoms with Crippen LogP contribution in [0.2, 0.25) is 9.45 Å². The van der Waals surface area contributed by atoms with Crippen LogP contribution in [0.5, 0.6) is 0 Å². The molecule has 1 heterocycles. The monoisotopic (exact) mass is 570 g/mol. The molecule has 3 heteroatoms. The fraction of sp³-hybridized carbons (Fsp3) is 0.200. The predicted molar refractivity (Wildman–Crippen MR) is 151 cm³/mol. The molecule has 0 nitrogen and oxygen atoms in total. The summed E-state index contributed by atoms with van der Waals surface area (Å²) in [6.45, 7) is 4.86. The summed E-state index contributed by atoms with van der Waals surface area (Å²) in [5, 5.41) is 0. The van der Waals surface area contributed by atoms with Gasteiger partial charge in [0.25, 0.3) is 0 Å². The third kappa shape index (κ3) is 4.09. The van der Waals surface area contributed by atoms with E-state index in [0.29, 0.717) is 8.45 Å². The van der Waals surface area contributed by atoms with E-state index in [2.05, 4.69) is 123 Å². The van der Waals surface area contributed by atoms with Crippen LogP contribution in [0, 0.1) is 0 Å². The number of allylic oxidation sites excluding steroid dienone is 2. The van der Waals surface area contributed by atoms with E-state index in [0.717, 1.165) is 0 Å². The molecule has 1 aliphatic heterocycles. The van der Waals surface area contributed by atoms with Crippen molar-refractivity contribution in [3.8, 4) is 22.3 Å². The summed E-state index contributed by atoms with van der Waals surface area (Å²) in [5.41, 5.74) is 14.9. The largest absolute Gasteiger partial charge is 1.00 e. The van der Waals surface area contributed by atoms with Gasteiger partial charge in [0.1, 0.15) is 0 Å². The van der Waals surface area contributed by atoms with Crippen LogP contribution in [0.4, 0.5) is 0 Å². The molecular formula is C35H32Cl2Ti. The van der Waals surface area contributed by atoms with E-state index >= 15 is 0 Å². The van der Waals surface area contributed by atoms with Gasteiger partial charge >= 0.3 is 220 Å². The van der Waals surface area contributed by atoms with Gasteiger partial charge in [-0.15, -0.1) is 0 Å². The molecule has 0 radical (unpaired) electrons. The zero-order chi connectivity index (χ0) is 24.3. The molecular weight excluding hydrogens is 539 g/mol. The molecule has 3 aliphatic rings. The van der Waals surface area contributed by atoms with Crippen molar-refractivity contribution in [1.82, 2.24) is 0 Å². The molecule has 190 valence electrons. The van der Waals surface area contributed by atoms with Crippen molar-refractivity contribution < 1.29 is 41.4 Å². The summed E-state index contributed by atoms with van der Waals surface area (Å²) in [5.74, 6) is 0. The zero-order valence-corrected chi connectivity index (χ0v) is 25.0. The van der Waals surface area contributed by atoms with Crippen LogP contribution in [-0.4, -0.2) is 0 Å². The second-order valence-electron chi connectivity index (χ2n) is 11.1. The zero-order valence-electron chi connectivity index (χ0n) is 21.9. The number of hydrogen-bond acceptors (Lipinski definition) is 0. The number of halogens is 2. The Morgan fingerprint density at radius 2 is 0.947 bits per heavy atom. The average Bonchev–Trinajstić information content (AvgIpc) is 3.41. The van der Waals surface area contributed by atoms with Gasteiger partial charge in [0.2, 0.25) is 0 Å². The summed E-state index contributed by atoms with van der Waals surface area (Å²) >= 11 is -2.37. The maximum Gasteiger partial charge on any atom is -1.00 e. The summed E-state index contributed by atoms with van der Waals surface area (Å²) in [7, 11) is 0. The molecule has 0 bridgehead atoms. The first kappa shape index (κ1) is 27.2. The van der Waals surface area contributed by atoms with Crippen molar-refractivity contribution in [3.05, 3.63) is 130 Å². The van der Waals surface area contributed by atoms with Crippen molar-refractivity contribution >= 4 is 12.2 Å². The Kier molecular flexibility index (Phi) is 7.64. The number of fused-ring (bicyclic) bond motifs is 2. The molecule has 4 aromatic rings. The van der Waals surface area contributed by atoms with E-state index in [1.807, 2.05) is 0 Å². The quantitative estimate of drug-likeness (QED) is 0.325. The molecule has 1 fully saturated rings. The Balaban J connectivity index is 0.00000147. The van der Waals surface area contributed by atoms with Crippen molar-refractivity contribution in [1.29, 1.82) is 0 Å². The molecule has 2 unspecified atom stereocenters. The normalized spacial score (nSPS) is 19.3. The summed E-state index contributed by atoms with van der Waals surface area (Å²) < 4.78 is 4.29.